The zero-order valence-corrected chi connectivity index (χ0v) is 7.99. The molecule has 0 aromatic heterocycles. The summed E-state index contributed by atoms with van der Waals surface area (Å²) in [6.07, 6.45) is 0.441. The van der Waals surface area contributed by atoms with Crippen LogP contribution in [-0.4, -0.2) is 41.0 Å². The van der Waals surface area contributed by atoms with E-state index in [0.717, 1.165) is 4.90 Å². The molecule has 78 valence electrons. The van der Waals surface area contributed by atoms with Crippen LogP contribution in [0, 0.1) is 0 Å². The quantitative estimate of drug-likeness (QED) is 0.294. The zero-order chi connectivity index (χ0) is 11.1. The van der Waals surface area contributed by atoms with Gasteiger partial charge in [-0.2, -0.15) is 0 Å². The molecule has 0 aliphatic heterocycles. The van der Waals surface area contributed by atoms with Gasteiger partial charge in [0.1, 0.15) is 6.04 Å². The fourth-order valence-electron chi connectivity index (χ4n) is 0.969. The smallest absolute Gasteiger partial charge is 0.326 e. The normalized spacial score (nSPS) is 11.6. The Kier molecular flexibility index (Phi) is 5.09. The molecule has 7 heteroatoms. The standard InChI is InChI=1S/C7H12N4O3/c1-5(2)11(4-12)6(7(13)14)3-9-10-8/h4-6H,3H2,1-2H3,(H,13,14). The lowest BCUT2D eigenvalue weighted by atomic mass is 10.2. The zero-order valence-electron chi connectivity index (χ0n) is 7.99. The van der Waals surface area contributed by atoms with Crippen molar-refractivity contribution in [2.75, 3.05) is 6.54 Å². The van der Waals surface area contributed by atoms with E-state index in [-0.39, 0.29) is 12.6 Å². The molecule has 0 bridgehead atoms. The Morgan fingerprint density at radius 2 is 2.29 bits per heavy atom. The Balaban J connectivity index is 4.68. The molecule has 1 atom stereocenters. The molecule has 0 radical (unpaired) electrons. The highest BCUT2D eigenvalue weighted by Gasteiger charge is 2.25. The third kappa shape index (κ3) is 3.32. The molecule has 1 N–H and O–H groups in total. The van der Waals surface area contributed by atoms with Crippen LogP contribution < -0.4 is 0 Å². The van der Waals surface area contributed by atoms with Crippen LogP contribution in [0.25, 0.3) is 10.4 Å². The van der Waals surface area contributed by atoms with Gasteiger partial charge in [0.2, 0.25) is 6.41 Å². The molecule has 0 heterocycles. The second-order valence-electron chi connectivity index (χ2n) is 2.91. The van der Waals surface area contributed by atoms with Crippen molar-refractivity contribution in [3.63, 3.8) is 0 Å². The number of hydrogen-bond acceptors (Lipinski definition) is 3. The molecule has 0 fully saturated rings. The fraction of sp³-hybridized carbons (Fsp3) is 0.714. The van der Waals surface area contributed by atoms with E-state index in [2.05, 4.69) is 10.0 Å². The van der Waals surface area contributed by atoms with Gasteiger partial charge in [-0.15, -0.1) is 0 Å². The minimum Gasteiger partial charge on any atom is -0.480 e. The lowest BCUT2D eigenvalue weighted by Gasteiger charge is -2.27. The van der Waals surface area contributed by atoms with Crippen molar-refractivity contribution in [1.82, 2.24) is 4.90 Å². The first-order chi connectivity index (χ1) is 6.54. The maximum Gasteiger partial charge on any atom is 0.326 e. The molecule has 0 saturated heterocycles. The molecule has 0 spiro atoms. The maximum atomic E-state index is 10.7. The molecule has 1 amide bonds. The van der Waals surface area contributed by atoms with E-state index in [4.69, 9.17) is 10.6 Å². The van der Waals surface area contributed by atoms with Crippen molar-refractivity contribution in [2.24, 2.45) is 5.11 Å². The highest BCUT2D eigenvalue weighted by molar-refractivity contribution is 5.76. The first-order valence-electron chi connectivity index (χ1n) is 4.01. The summed E-state index contributed by atoms with van der Waals surface area (Å²) in [7, 11) is 0. The number of aliphatic carboxylic acids is 1. The fourth-order valence-corrected chi connectivity index (χ4v) is 0.969. The Morgan fingerprint density at radius 3 is 2.57 bits per heavy atom. The van der Waals surface area contributed by atoms with Crippen molar-refractivity contribution in [2.45, 2.75) is 25.9 Å². The van der Waals surface area contributed by atoms with Gasteiger partial charge in [0, 0.05) is 11.0 Å². The van der Waals surface area contributed by atoms with Crippen molar-refractivity contribution >= 4 is 12.4 Å². The van der Waals surface area contributed by atoms with Crippen LogP contribution in [0.4, 0.5) is 0 Å². The van der Waals surface area contributed by atoms with Gasteiger partial charge in [0.05, 0.1) is 6.54 Å². The topological polar surface area (TPSA) is 106 Å². The van der Waals surface area contributed by atoms with Gasteiger partial charge in [-0.25, -0.2) is 4.79 Å². The molecule has 1 unspecified atom stereocenters. The minimum atomic E-state index is -1.18. The SMILES string of the molecule is CC(C)N(C=O)C(CN=[N+]=[N-])C(=O)O. The Bertz CT molecular complexity index is 260. The predicted octanol–water partition coefficient (Wildman–Crippen LogP) is 0.617. The number of carboxylic acid groups (broad SMARTS) is 1. The van der Waals surface area contributed by atoms with E-state index in [9.17, 15) is 9.59 Å². The maximum absolute atomic E-state index is 10.7. The molecular weight excluding hydrogens is 188 g/mol. The Labute approximate surface area is 80.9 Å². The summed E-state index contributed by atoms with van der Waals surface area (Å²) in [5, 5.41) is 11.9. The number of carboxylic acids is 1. The molecule has 14 heavy (non-hydrogen) atoms. The van der Waals surface area contributed by atoms with Gasteiger partial charge in [-0.3, -0.25) is 4.79 Å². The van der Waals surface area contributed by atoms with E-state index < -0.39 is 12.0 Å². The second kappa shape index (κ2) is 5.82. The van der Waals surface area contributed by atoms with Gasteiger partial charge in [-0.1, -0.05) is 5.11 Å². The summed E-state index contributed by atoms with van der Waals surface area (Å²) in [6.45, 7) is 3.10. The second-order valence-corrected chi connectivity index (χ2v) is 2.91. The molecule has 7 nitrogen and oxygen atoms in total. The lowest BCUT2D eigenvalue weighted by Crippen LogP contribution is -2.46. The monoisotopic (exact) mass is 200 g/mol. The molecule has 0 saturated carbocycles. The Morgan fingerprint density at radius 1 is 1.71 bits per heavy atom. The molecule has 0 aromatic carbocycles. The van der Waals surface area contributed by atoms with Crippen molar-refractivity contribution in [3.8, 4) is 0 Å². The van der Waals surface area contributed by atoms with Gasteiger partial charge in [0.15, 0.2) is 0 Å². The summed E-state index contributed by atoms with van der Waals surface area (Å²) in [4.78, 5) is 24.9. The summed E-state index contributed by atoms with van der Waals surface area (Å²) >= 11 is 0. The van der Waals surface area contributed by atoms with E-state index in [1.165, 1.54) is 0 Å². The van der Waals surface area contributed by atoms with E-state index in [1.807, 2.05) is 0 Å². The van der Waals surface area contributed by atoms with Crippen LogP contribution in [0.3, 0.4) is 0 Å². The summed E-state index contributed by atoms with van der Waals surface area (Å²) in [5.41, 5.74) is 8.05. The summed E-state index contributed by atoms with van der Waals surface area (Å²) < 4.78 is 0. The van der Waals surface area contributed by atoms with E-state index >= 15 is 0 Å². The van der Waals surface area contributed by atoms with Crippen molar-refractivity contribution < 1.29 is 14.7 Å². The highest BCUT2D eigenvalue weighted by atomic mass is 16.4. The first-order valence-corrected chi connectivity index (χ1v) is 4.01. The number of hydrogen-bond donors (Lipinski definition) is 1. The number of nitrogens with zero attached hydrogens (tertiary/aromatic N) is 4. The average Bonchev–Trinajstić information content (AvgIpc) is 2.10. The van der Waals surface area contributed by atoms with Crippen molar-refractivity contribution in [3.05, 3.63) is 10.4 Å². The molecule has 0 rings (SSSR count). The van der Waals surface area contributed by atoms with Gasteiger partial charge >= 0.3 is 5.97 Å². The molecular formula is C7H12N4O3. The number of rotatable bonds is 6. The van der Waals surface area contributed by atoms with E-state index in [0.29, 0.717) is 6.41 Å². The van der Waals surface area contributed by atoms with Crippen LogP contribution in [-0.2, 0) is 9.59 Å². The molecule has 0 aliphatic rings. The third-order valence-corrected chi connectivity index (χ3v) is 1.68. The first kappa shape index (κ1) is 12.2. The number of amides is 1. The van der Waals surface area contributed by atoms with Gasteiger partial charge in [0.25, 0.3) is 0 Å². The predicted molar refractivity (Wildman–Crippen MR) is 48.5 cm³/mol. The summed E-state index contributed by atoms with van der Waals surface area (Å²) in [5.74, 6) is -1.18. The highest BCUT2D eigenvalue weighted by Crippen LogP contribution is 2.04. The molecule has 0 aliphatic carbocycles. The number of carbonyl (C=O) groups excluding carboxylic acids is 1. The van der Waals surface area contributed by atoms with Crippen LogP contribution in [0.1, 0.15) is 13.8 Å². The van der Waals surface area contributed by atoms with Crippen LogP contribution >= 0.6 is 0 Å². The van der Waals surface area contributed by atoms with Gasteiger partial charge < -0.3 is 10.0 Å². The summed E-state index contributed by atoms with van der Waals surface area (Å²) in [6, 6.07) is -1.34. The molecule has 0 aromatic rings. The lowest BCUT2D eigenvalue weighted by molar-refractivity contribution is -0.147. The minimum absolute atomic E-state index is 0.248. The Hall–Kier alpha value is -1.75. The van der Waals surface area contributed by atoms with Crippen LogP contribution in [0.15, 0.2) is 5.11 Å². The number of azide groups is 1. The van der Waals surface area contributed by atoms with Crippen LogP contribution in [0.2, 0.25) is 0 Å². The van der Waals surface area contributed by atoms with Gasteiger partial charge in [-0.05, 0) is 19.4 Å². The number of carbonyl (C=O) groups is 2. The largest absolute Gasteiger partial charge is 0.480 e. The van der Waals surface area contributed by atoms with Crippen LogP contribution in [0.5, 0.6) is 0 Å². The average molecular weight is 200 g/mol. The van der Waals surface area contributed by atoms with Crippen molar-refractivity contribution in [1.29, 1.82) is 0 Å². The van der Waals surface area contributed by atoms with E-state index in [1.54, 1.807) is 13.8 Å². The third-order valence-electron chi connectivity index (χ3n) is 1.68.